The lowest BCUT2D eigenvalue weighted by molar-refractivity contribution is -0.113. The summed E-state index contributed by atoms with van der Waals surface area (Å²) < 4.78 is 13.1. The van der Waals surface area contributed by atoms with Gasteiger partial charge >= 0.3 is 0 Å². The minimum Gasteiger partial charge on any atom is -0.378 e. The Labute approximate surface area is 148 Å². The number of benzene rings is 2. The summed E-state index contributed by atoms with van der Waals surface area (Å²) in [5, 5.41) is 13.2. The molecular formula is C17H16FN5OS. The predicted octanol–water partition coefficient (Wildman–Crippen LogP) is 3.29. The Morgan fingerprint density at radius 2 is 1.92 bits per heavy atom. The van der Waals surface area contributed by atoms with E-state index in [1.54, 1.807) is 12.1 Å². The first-order valence-electron chi connectivity index (χ1n) is 7.57. The van der Waals surface area contributed by atoms with Gasteiger partial charge in [0.2, 0.25) is 11.1 Å². The molecule has 0 fully saturated rings. The minimum absolute atomic E-state index is 0.139. The van der Waals surface area contributed by atoms with Crippen molar-refractivity contribution in [2.45, 2.75) is 11.7 Å². The van der Waals surface area contributed by atoms with Crippen LogP contribution in [0.2, 0.25) is 0 Å². The van der Waals surface area contributed by atoms with Crippen molar-refractivity contribution in [1.29, 1.82) is 0 Å². The van der Waals surface area contributed by atoms with Gasteiger partial charge in [0.15, 0.2) is 0 Å². The van der Waals surface area contributed by atoms with Crippen LogP contribution in [-0.4, -0.2) is 26.8 Å². The van der Waals surface area contributed by atoms with Gasteiger partial charge in [0.25, 0.3) is 0 Å². The molecule has 0 spiro atoms. The number of aromatic amines is 1. The van der Waals surface area contributed by atoms with Gasteiger partial charge in [-0.15, -0.1) is 5.10 Å². The number of hydrogen-bond donors (Lipinski definition) is 3. The molecule has 0 saturated heterocycles. The zero-order chi connectivity index (χ0) is 17.5. The van der Waals surface area contributed by atoms with Crippen LogP contribution >= 0.6 is 11.8 Å². The second-order valence-electron chi connectivity index (χ2n) is 5.13. The third-order valence-corrected chi connectivity index (χ3v) is 4.03. The number of hydrogen-bond acceptors (Lipinski definition) is 5. The molecule has 1 aromatic heterocycles. The van der Waals surface area contributed by atoms with Crippen LogP contribution in [0.15, 0.2) is 59.8 Å². The van der Waals surface area contributed by atoms with Crippen LogP contribution < -0.4 is 10.6 Å². The zero-order valence-corrected chi connectivity index (χ0v) is 14.0. The third-order valence-electron chi connectivity index (χ3n) is 3.19. The van der Waals surface area contributed by atoms with Crippen molar-refractivity contribution in [3.63, 3.8) is 0 Å². The first-order valence-corrected chi connectivity index (χ1v) is 8.56. The number of H-pyrrole nitrogens is 1. The number of nitrogens with one attached hydrogen (secondary N) is 3. The summed E-state index contributed by atoms with van der Waals surface area (Å²) in [5.41, 5.74) is 1.41. The minimum atomic E-state index is -0.394. The first kappa shape index (κ1) is 17.0. The number of rotatable bonds is 7. The number of thioether (sulfide) groups is 1. The molecule has 3 aromatic rings. The van der Waals surface area contributed by atoms with Gasteiger partial charge in [-0.3, -0.25) is 9.89 Å². The fourth-order valence-electron chi connectivity index (χ4n) is 2.06. The number of carbonyl (C=O) groups is 1. The van der Waals surface area contributed by atoms with Gasteiger partial charge in [-0.2, -0.15) is 0 Å². The molecule has 3 rings (SSSR count). The van der Waals surface area contributed by atoms with E-state index in [1.807, 2.05) is 30.3 Å². The molecule has 8 heteroatoms. The highest BCUT2D eigenvalue weighted by atomic mass is 32.2. The Hall–Kier alpha value is -2.87. The molecule has 0 aliphatic heterocycles. The van der Waals surface area contributed by atoms with Crippen LogP contribution in [0.1, 0.15) is 5.82 Å². The maximum Gasteiger partial charge on any atom is 0.234 e. The average molecular weight is 357 g/mol. The van der Waals surface area contributed by atoms with Gasteiger partial charge in [-0.25, -0.2) is 9.37 Å². The van der Waals surface area contributed by atoms with E-state index in [2.05, 4.69) is 25.8 Å². The van der Waals surface area contributed by atoms with Crippen molar-refractivity contribution >= 4 is 29.0 Å². The van der Waals surface area contributed by atoms with Crippen molar-refractivity contribution in [1.82, 2.24) is 15.2 Å². The van der Waals surface area contributed by atoms with E-state index in [0.717, 1.165) is 5.69 Å². The molecule has 0 bridgehead atoms. The molecule has 0 aliphatic rings. The third kappa shape index (κ3) is 5.32. The highest BCUT2D eigenvalue weighted by Gasteiger charge is 2.08. The molecular weight excluding hydrogens is 341 g/mol. The molecule has 0 saturated carbocycles. The number of aromatic nitrogens is 3. The van der Waals surface area contributed by atoms with E-state index < -0.39 is 5.82 Å². The van der Waals surface area contributed by atoms with E-state index in [4.69, 9.17) is 0 Å². The van der Waals surface area contributed by atoms with Gasteiger partial charge in [0, 0.05) is 11.4 Å². The number of para-hydroxylation sites is 1. The van der Waals surface area contributed by atoms with Gasteiger partial charge in [-0.05, 0) is 30.3 Å². The SMILES string of the molecule is O=C(CSc1n[nH]c(CNc2ccccc2)n1)Nc1cccc(F)c1. The summed E-state index contributed by atoms with van der Waals surface area (Å²) in [5.74, 6) is 0.177. The Bertz CT molecular complexity index is 840. The van der Waals surface area contributed by atoms with E-state index in [0.29, 0.717) is 23.2 Å². The molecule has 3 N–H and O–H groups in total. The van der Waals surface area contributed by atoms with Gasteiger partial charge in [0.05, 0.1) is 12.3 Å². The van der Waals surface area contributed by atoms with Crippen LogP contribution in [0.5, 0.6) is 0 Å². The molecule has 1 heterocycles. The Morgan fingerprint density at radius 3 is 2.72 bits per heavy atom. The van der Waals surface area contributed by atoms with Crippen LogP contribution in [0.3, 0.4) is 0 Å². The molecule has 128 valence electrons. The Balaban J connectivity index is 1.45. The average Bonchev–Trinajstić information content (AvgIpc) is 3.07. The van der Waals surface area contributed by atoms with E-state index >= 15 is 0 Å². The topological polar surface area (TPSA) is 82.7 Å². The second-order valence-corrected chi connectivity index (χ2v) is 6.07. The molecule has 25 heavy (non-hydrogen) atoms. The lowest BCUT2D eigenvalue weighted by Crippen LogP contribution is -2.14. The van der Waals surface area contributed by atoms with E-state index in [9.17, 15) is 9.18 Å². The van der Waals surface area contributed by atoms with Crippen LogP contribution in [0.4, 0.5) is 15.8 Å². The number of amides is 1. The van der Waals surface area contributed by atoms with E-state index in [1.165, 1.54) is 23.9 Å². The highest BCUT2D eigenvalue weighted by Crippen LogP contribution is 2.15. The van der Waals surface area contributed by atoms with Crippen LogP contribution in [-0.2, 0) is 11.3 Å². The fraction of sp³-hybridized carbons (Fsp3) is 0.118. The number of nitrogens with zero attached hydrogens (tertiary/aromatic N) is 2. The molecule has 0 atom stereocenters. The first-order chi connectivity index (χ1) is 12.2. The fourth-order valence-corrected chi connectivity index (χ4v) is 2.67. The normalized spacial score (nSPS) is 10.4. The summed E-state index contributed by atoms with van der Waals surface area (Å²) in [4.78, 5) is 16.2. The number of anilines is 2. The van der Waals surface area contributed by atoms with Crippen molar-refractivity contribution in [2.75, 3.05) is 16.4 Å². The number of carbonyl (C=O) groups excluding carboxylic acids is 1. The predicted molar refractivity (Wildman–Crippen MR) is 95.9 cm³/mol. The standard InChI is InChI=1S/C17H16FN5OS/c18-12-5-4-8-14(9-12)20-16(24)11-25-17-21-15(22-23-17)10-19-13-6-2-1-3-7-13/h1-9,19H,10-11H2,(H,20,24)(H,21,22,23). The molecule has 0 aliphatic carbocycles. The summed E-state index contributed by atoms with van der Waals surface area (Å²) in [6.45, 7) is 0.507. The van der Waals surface area contributed by atoms with Crippen molar-refractivity contribution in [2.24, 2.45) is 0 Å². The molecule has 0 radical (unpaired) electrons. The summed E-state index contributed by atoms with van der Waals surface area (Å²) >= 11 is 1.21. The van der Waals surface area contributed by atoms with Crippen molar-refractivity contribution < 1.29 is 9.18 Å². The summed E-state index contributed by atoms with van der Waals surface area (Å²) in [6.07, 6.45) is 0. The summed E-state index contributed by atoms with van der Waals surface area (Å²) in [6, 6.07) is 15.5. The molecule has 1 amide bonds. The Kier molecular flexibility index (Phi) is 5.63. The monoisotopic (exact) mass is 357 g/mol. The van der Waals surface area contributed by atoms with Gasteiger partial charge < -0.3 is 10.6 Å². The largest absolute Gasteiger partial charge is 0.378 e. The highest BCUT2D eigenvalue weighted by molar-refractivity contribution is 7.99. The molecule has 6 nitrogen and oxygen atoms in total. The van der Waals surface area contributed by atoms with Crippen LogP contribution in [0, 0.1) is 5.82 Å². The quantitative estimate of drug-likeness (QED) is 0.565. The maximum atomic E-state index is 13.1. The van der Waals surface area contributed by atoms with Gasteiger partial charge in [0.1, 0.15) is 11.6 Å². The van der Waals surface area contributed by atoms with Crippen molar-refractivity contribution in [3.8, 4) is 0 Å². The lowest BCUT2D eigenvalue weighted by Gasteiger charge is -2.03. The second kappa shape index (κ2) is 8.29. The molecule has 0 unspecified atom stereocenters. The lowest BCUT2D eigenvalue weighted by atomic mass is 10.3. The van der Waals surface area contributed by atoms with Gasteiger partial charge in [-0.1, -0.05) is 36.0 Å². The number of halogens is 1. The van der Waals surface area contributed by atoms with Crippen molar-refractivity contribution in [3.05, 3.63) is 66.2 Å². The molecule has 2 aromatic carbocycles. The maximum absolute atomic E-state index is 13.1. The van der Waals surface area contributed by atoms with E-state index in [-0.39, 0.29) is 11.7 Å². The zero-order valence-electron chi connectivity index (χ0n) is 13.2. The van der Waals surface area contributed by atoms with Crippen LogP contribution in [0.25, 0.3) is 0 Å². The summed E-state index contributed by atoms with van der Waals surface area (Å²) in [7, 11) is 0. The smallest absolute Gasteiger partial charge is 0.234 e. The Morgan fingerprint density at radius 1 is 1.12 bits per heavy atom.